The fourth-order valence-electron chi connectivity index (χ4n) is 2.08. The van der Waals surface area contributed by atoms with Crippen LogP contribution in [0.2, 0.25) is 0 Å². The Morgan fingerprint density at radius 2 is 1.83 bits per heavy atom. The second kappa shape index (κ2) is 8.24. The normalized spacial score (nSPS) is 10.6. The van der Waals surface area contributed by atoms with E-state index in [4.69, 9.17) is 0 Å². The highest BCUT2D eigenvalue weighted by molar-refractivity contribution is 5.92. The van der Waals surface area contributed by atoms with E-state index in [-0.39, 0.29) is 5.91 Å². The molecule has 2 rings (SSSR count). The third-order valence-electron chi connectivity index (χ3n) is 3.43. The first-order valence-corrected chi connectivity index (χ1v) is 7.61. The zero-order valence-electron chi connectivity index (χ0n) is 13.9. The first kappa shape index (κ1) is 16.9. The lowest BCUT2D eigenvalue weighted by Gasteiger charge is -2.17. The van der Waals surface area contributed by atoms with Gasteiger partial charge in [-0.05, 0) is 39.2 Å². The highest BCUT2D eigenvalue weighted by Crippen LogP contribution is 2.19. The summed E-state index contributed by atoms with van der Waals surface area (Å²) in [6.45, 7) is 1.57. The van der Waals surface area contributed by atoms with Gasteiger partial charge >= 0.3 is 0 Å². The maximum absolute atomic E-state index is 12.0. The predicted octanol–water partition coefficient (Wildman–Crippen LogP) is 1.93. The van der Waals surface area contributed by atoms with Gasteiger partial charge in [0.2, 0.25) is 0 Å². The molecule has 1 N–H and O–H groups in total. The van der Waals surface area contributed by atoms with Crippen molar-refractivity contribution >= 4 is 17.4 Å². The predicted molar refractivity (Wildman–Crippen MR) is 92.0 cm³/mol. The monoisotopic (exact) mass is 313 g/mol. The Kier molecular flexibility index (Phi) is 6.05. The van der Waals surface area contributed by atoms with E-state index in [0.717, 1.165) is 18.7 Å². The van der Waals surface area contributed by atoms with Gasteiger partial charge in [-0.2, -0.15) is 0 Å². The smallest absolute Gasteiger partial charge is 0.271 e. The first-order valence-electron chi connectivity index (χ1n) is 7.61. The number of carbonyl (C=O) groups excluding carboxylic acids is 1. The van der Waals surface area contributed by atoms with Gasteiger partial charge in [-0.1, -0.05) is 18.2 Å². The van der Waals surface area contributed by atoms with Crippen LogP contribution in [0.15, 0.2) is 42.7 Å². The molecule has 0 spiro atoms. The summed E-state index contributed by atoms with van der Waals surface area (Å²) in [6, 6.07) is 9.89. The summed E-state index contributed by atoms with van der Waals surface area (Å²) in [7, 11) is 5.94. The minimum atomic E-state index is -0.190. The molecule has 122 valence electrons. The molecule has 1 aromatic heterocycles. The van der Waals surface area contributed by atoms with E-state index < -0.39 is 0 Å². The summed E-state index contributed by atoms with van der Waals surface area (Å²) in [5.74, 6) is 0.505. The zero-order chi connectivity index (χ0) is 16.7. The van der Waals surface area contributed by atoms with Crippen molar-refractivity contribution < 1.29 is 4.79 Å². The van der Waals surface area contributed by atoms with Crippen molar-refractivity contribution in [3.8, 4) is 0 Å². The quantitative estimate of drug-likeness (QED) is 0.791. The molecule has 0 saturated heterocycles. The number of para-hydroxylation sites is 1. The van der Waals surface area contributed by atoms with Gasteiger partial charge in [0.1, 0.15) is 5.69 Å². The molecule has 2 aromatic rings. The number of anilines is 2. The van der Waals surface area contributed by atoms with Gasteiger partial charge in [-0.25, -0.2) is 9.97 Å². The lowest BCUT2D eigenvalue weighted by atomic mass is 10.3. The molecule has 6 nitrogen and oxygen atoms in total. The summed E-state index contributed by atoms with van der Waals surface area (Å²) < 4.78 is 0. The van der Waals surface area contributed by atoms with Crippen LogP contribution in [0.4, 0.5) is 11.5 Å². The molecular weight excluding hydrogens is 290 g/mol. The molecule has 23 heavy (non-hydrogen) atoms. The van der Waals surface area contributed by atoms with Crippen LogP contribution in [0.1, 0.15) is 16.9 Å². The van der Waals surface area contributed by atoms with E-state index in [1.54, 1.807) is 6.20 Å². The van der Waals surface area contributed by atoms with Crippen LogP contribution in [0.3, 0.4) is 0 Å². The van der Waals surface area contributed by atoms with Crippen molar-refractivity contribution in [2.75, 3.05) is 39.1 Å². The lowest BCUT2D eigenvalue weighted by molar-refractivity contribution is 0.0947. The number of benzene rings is 1. The molecular formula is C17H23N5O. The summed E-state index contributed by atoms with van der Waals surface area (Å²) in [4.78, 5) is 24.5. The van der Waals surface area contributed by atoms with Crippen LogP contribution >= 0.6 is 0 Å². The van der Waals surface area contributed by atoms with Crippen molar-refractivity contribution in [2.24, 2.45) is 0 Å². The summed E-state index contributed by atoms with van der Waals surface area (Å²) in [6.07, 6.45) is 4.03. The molecule has 0 fully saturated rings. The van der Waals surface area contributed by atoms with E-state index in [9.17, 15) is 4.79 Å². The van der Waals surface area contributed by atoms with Crippen molar-refractivity contribution in [3.05, 3.63) is 48.4 Å². The Hall–Kier alpha value is -2.47. The molecule has 0 saturated carbocycles. The number of nitrogens with zero attached hydrogens (tertiary/aromatic N) is 4. The second-order valence-electron chi connectivity index (χ2n) is 5.57. The van der Waals surface area contributed by atoms with E-state index in [2.05, 4.69) is 20.2 Å². The molecule has 0 aliphatic heterocycles. The van der Waals surface area contributed by atoms with Crippen LogP contribution in [0, 0.1) is 0 Å². The average Bonchev–Trinajstić information content (AvgIpc) is 2.58. The van der Waals surface area contributed by atoms with Crippen LogP contribution in [0.5, 0.6) is 0 Å². The molecule has 6 heteroatoms. The summed E-state index contributed by atoms with van der Waals surface area (Å²) >= 11 is 0. The fourth-order valence-corrected chi connectivity index (χ4v) is 2.08. The van der Waals surface area contributed by atoms with Crippen molar-refractivity contribution in [1.29, 1.82) is 0 Å². The molecule has 0 aliphatic rings. The number of hydrogen-bond donors (Lipinski definition) is 1. The minimum absolute atomic E-state index is 0.190. The average molecular weight is 313 g/mol. The van der Waals surface area contributed by atoms with Gasteiger partial charge in [-0.3, -0.25) is 4.79 Å². The summed E-state index contributed by atoms with van der Waals surface area (Å²) in [5.41, 5.74) is 1.35. The highest BCUT2D eigenvalue weighted by Gasteiger charge is 2.10. The van der Waals surface area contributed by atoms with Gasteiger partial charge in [0.15, 0.2) is 5.82 Å². The molecule has 0 aliphatic carbocycles. The Bertz CT molecular complexity index is 613. The van der Waals surface area contributed by atoms with E-state index >= 15 is 0 Å². The van der Waals surface area contributed by atoms with E-state index in [0.29, 0.717) is 18.1 Å². The van der Waals surface area contributed by atoms with Gasteiger partial charge in [0.05, 0.1) is 12.4 Å². The molecule has 1 aromatic carbocycles. The van der Waals surface area contributed by atoms with Gasteiger partial charge in [0, 0.05) is 19.3 Å². The topological polar surface area (TPSA) is 61.4 Å². The number of amides is 1. The largest absolute Gasteiger partial charge is 0.351 e. The van der Waals surface area contributed by atoms with Crippen LogP contribution < -0.4 is 10.2 Å². The van der Waals surface area contributed by atoms with Crippen molar-refractivity contribution in [2.45, 2.75) is 6.42 Å². The van der Waals surface area contributed by atoms with Crippen molar-refractivity contribution in [1.82, 2.24) is 20.2 Å². The van der Waals surface area contributed by atoms with Gasteiger partial charge in [0.25, 0.3) is 5.91 Å². The molecule has 0 atom stereocenters. The molecule has 1 heterocycles. The van der Waals surface area contributed by atoms with Crippen LogP contribution in [0.25, 0.3) is 0 Å². The number of carbonyl (C=O) groups is 1. The number of aromatic nitrogens is 2. The molecule has 0 bridgehead atoms. The third-order valence-corrected chi connectivity index (χ3v) is 3.43. The van der Waals surface area contributed by atoms with E-state index in [1.165, 1.54) is 6.20 Å². The van der Waals surface area contributed by atoms with Gasteiger partial charge in [-0.15, -0.1) is 0 Å². The maximum atomic E-state index is 12.0. The second-order valence-corrected chi connectivity index (χ2v) is 5.57. The summed E-state index contributed by atoms with van der Waals surface area (Å²) in [5, 5.41) is 2.85. The first-order chi connectivity index (χ1) is 11.1. The zero-order valence-corrected chi connectivity index (χ0v) is 13.9. The Balaban J connectivity index is 1.92. The minimum Gasteiger partial charge on any atom is -0.351 e. The number of nitrogens with one attached hydrogen (secondary N) is 1. The van der Waals surface area contributed by atoms with Gasteiger partial charge < -0.3 is 15.1 Å². The van der Waals surface area contributed by atoms with Crippen molar-refractivity contribution in [3.63, 3.8) is 0 Å². The maximum Gasteiger partial charge on any atom is 0.271 e. The van der Waals surface area contributed by atoms with E-state index in [1.807, 2.05) is 56.4 Å². The van der Waals surface area contributed by atoms with Crippen LogP contribution in [-0.2, 0) is 0 Å². The molecule has 0 unspecified atom stereocenters. The third kappa shape index (κ3) is 5.03. The SMILES string of the molecule is CN(C)CCCNC(=O)c1cnc(N(C)c2ccccc2)cn1. The Morgan fingerprint density at radius 3 is 2.43 bits per heavy atom. The fraction of sp³-hybridized carbons (Fsp3) is 0.353. The number of hydrogen-bond acceptors (Lipinski definition) is 5. The Morgan fingerprint density at radius 1 is 1.09 bits per heavy atom. The Labute approximate surface area is 137 Å². The van der Waals surface area contributed by atoms with Crippen LogP contribution in [-0.4, -0.2) is 55.0 Å². The standard InChI is InChI=1S/C17H23N5O/c1-21(2)11-7-10-18-17(23)15-12-20-16(13-19-15)22(3)14-8-5-4-6-9-14/h4-6,8-9,12-13H,7,10-11H2,1-3H3,(H,18,23). The molecule has 0 radical (unpaired) electrons. The molecule has 1 amide bonds. The number of rotatable bonds is 7. The lowest BCUT2D eigenvalue weighted by Crippen LogP contribution is -2.28. The highest BCUT2D eigenvalue weighted by atomic mass is 16.1.